The summed E-state index contributed by atoms with van der Waals surface area (Å²) >= 11 is 3.68. The van der Waals surface area contributed by atoms with E-state index in [2.05, 4.69) is 34.7 Å². The first-order valence-corrected chi connectivity index (χ1v) is 8.09. The Balaban J connectivity index is 1.78. The lowest BCUT2D eigenvalue weighted by atomic mass is 9.97. The van der Waals surface area contributed by atoms with Gasteiger partial charge in [-0.15, -0.1) is 0 Å². The number of hydrogen-bond acceptors (Lipinski definition) is 1. The highest BCUT2D eigenvalue weighted by atomic mass is 79.9. The van der Waals surface area contributed by atoms with E-state index in [1.807, 2.05) is 0 Å². The van der Waals surface area contributed by atoms with Crippen LogP contribution in [0.4, 0.5) is 0 Å². The third kappa shape index (κ3) is 4.37. The summed E-state index contributed by atoms with van der Waals surface area (Å²) in [5.41, 5.74) is 0. The Morgan fingerprint density at radius 3 is 1.88 bits per heavy atom. The molecule has 0 aromatic carbocycles. The van der Waals surface area contributed by atoms with Crippen molar-refractivity contribution in [3.05, 3.63) is 0 Å². The second-order valence-electron chi connectivity index (χ2n) is 6.26. The molecular weight excluding hydrogens is 262 g/mol. The SMILES string of the molecule is CC(C)C(CBr)CN(CC1CC1)CC1CC1. The fourth-order valence-corrected chi connectivity index (χ4v) is 3.28. The molecule has 0 saturated heterocycles. The molecule has 0 aromatic rings. The molecule has 2 aliphatic carbocycles. The van der Waals surface area contributed by atoms with Gasteiger partial charge < -0.3 is 4.90 Å². The first kappa shape index (κ1) is 12.9. The predicted molar refractivity (Wildman–Crippen MR) is 74.0 cm³/mol. The second-order valence-corrected chi connectivity index (χ2v) is 6.91. The molecule has 0 spiro atoms. The standard InChI is InChI=1S/C14H26BrN/c1-11(2)14(7-15)10-16(8-12-3-4-12)9-13-5-6-13/h11-14H,3-10H2,1-2H3. The lowest BCUT2D eigenvalue weighted by molar-refractivity contribution is 0.200. The van der Waals surface area contributed by atoms with Gasteiger partial charge in [-0.25, -0.2) is 0 Å². The Kier molecular flexibility index (Phi) is 4.72. The van der Waals surface area contributed by atoms with Crippen molar-refractivity contribution in [3.8, 4) is 0 Å². The Labute approximate surface area is 109 Å². The van der Waals surface area contributed by atoms with Crippen molar-refractivity contribution < 1.29 is 0 Å². The molecule has 2 rings (SSSR count). The number of halogens is 1. The zero-order chi connectivity index (χ0) is 11.5. The first-order chi connectivity index (χ1) is 7.69. The molecule has 2 heteroatoms. The van der Waals surface area contributed by atoms with Gasteiger partial charge in [0.1, 0.15) is 0 Å². The van der Waals surface area contributed by atoms with Crippen molar-refractivity contribution in [3.63, 3.8) is 0 Å². The van der Waals surface area contributed by atoms with Gasteiger partial charge in [0.2, 0.25) is 0 Å². The number of alkyl halides is 1. The van der Waals surface area contributed by atoms with Crippen LogP contribution in [0.5, 0.6) is 0 Å². The average molecular weight is 288 g/mol. The van der Waals surface area contributed by atoms with Crippen LogP contribution in [0.15, 0.2) is 0 Å². The Bertz CT molecular complexity index is 195. The molecule has 1 atom stereocenters. The van der Waals surface area contributed by atoms with Gasteiger partial charge in [-0.05, 0) is 49.4 Å². The van der Waals surface area contributed by atoms with Gasteiger partial charge in [0, 0.05) is 25.0 Å². The minimum Gasteiger partial charge on any atom is -0.302 e. The lowest BCUT2D eigenvalue weighted by Gasteiger charge is -2.28. The fourth-order valence-electron chi connectivity index (χ4n) is 2.32. The van der Waals surface area contributed by atoms with Gasteiger partial charge in [0.25, 0.3) is 0 Å². The fraction of sp³-hybridized carbons (Fsp3) is 1.00. The summed E-state index contributed by atoms with van der Waals surface area (Å²) in [6.45, 7) is 8.80. The quantitative estimate of drug-likeness (QED) is 0.614. The molecule has 2 fully saturated rings. The van der Waals surface area contributed by atoms with Crippen LogP contribution in [-0.2, 0) is 0 Å². The number of rotatable bonds is 8. The maximum absolute atomic E-state index is 3.68. The predicted octanol–water partition coefficient (Wildman–Crippen LogP) is 3.78. The van der Waals surface area contributed by atoms with E-state index in [9.17, 15) is 0 Å². The molecule has 0 amide bonds. The molecule has 1 unspecified atom stereocenters. The average Bonchev–Trinajstić information content (AvgIpc) is 3.08. The largest absolute Gasteiger partial charge is 0.302 e. The lowest BCUT2D eigenvalue weighted by Crippen LogP contribution is -2.35. The van der Waals surface area contributed by atoms with Crippen LogP contribution in [0.25, 0.3) is 0 Å². The van der Waals surface area contributed by atoms with Crippen LogP contribution in [0.1, 0.15) is 39.5 Å². The second kappa shape index (κ2) is 5.86. The van der Waals surface area contributed by atoms with E-state index < -0.39 is 0 Å². The third-order valence-electron chi connectivity index (χ3n) is 4.06. The summed E-state index contributed by atoms with van der Waals surface area (Å²) < 4.78 is 0. The van der Waals surface area contributed by atoms with E-state index in [0.717, 1.165) is 29.0 Å². The van der Waals surface area contributed by atoms with Gasteiger partial charge in [-0.1, -0.05) is 29.8 Å². The van der Waals surface area contributed by atoms with E-state index in [4.69, 9.17) is 0 Å². The molecule has 16 heavy (non-hydrogen) atoms. The summed E-state index contributed by atoms with van der Waals surface area (Å²) in [6.07, 6.45) is 5.95. The van der Waals surface area contributed by atoms with E-state index >= 15 is 0 Å². The van der Waals surface area contributed by atoms with Crippen molar-refractivity contribution in [2.24, 2.45) is 23.7 Å². The molecule has 0 aliphatic heterocycles. The molecule has 0 N–H and O–H groups in total. The van der Waals surface area contributed by atoms with E-state index in [1.54, 1.807) is 0 Å². The van der Waals surface area contributed by atoms with Gasteiger partial charge in [-0.2, -0.15) is 0 Å². The highest BCUT2D eigenvalue weighted by molar-refractivity contribution is 9.09. The maximum atomic E-state index is 3.68. The molecule has 0 aromatic heterocycles. The zero-order valence-corrected chi connectivity index (χ0v) is 12.4. The van der Waals surface area contributed by atoms with Crippen LogP contribution < -0.4 is 0 Å². The van der Waals surface area contributed by atoms with E-state index in [1.165, 1.54) is 45.3 Å². The monoisotopic (exact) mass is 287 g/mol. The molecule has 0 heterocycles. The minimum absolute atomic E-state index is 0.806. The van der Waals surface area contributed by atoms with Gasteiger partial charge in [-0.3, -0.25) is 0 Å². The Hall–Kier alpha value is 0.440. The molecule has 1 nitrogen and oxygen atoms in total. The van der Waals surface area contributed by atoms with Gasteiger partial charge in [0.05, 0.1) is 0 Å². The van der Waals surface area contributed by atoms with Crippen LogP contribution in [0.3, 0.4) is 0 Å². The molecular formula is C14H26BrN. The molecule has 94 valence electrons. The van der Waals surface area contributed by atoms with Crippen LogP contribution in [0, 0.1) is 23.7 Å². The topological polar surface area (TPSA) is 3.24 Å². The van der Waals surface area contributed by atoms with E-state index in [0.29, 0.717) is 0 Å². The van der Waals surface area contributed by atoms with Gasteiger partial charge in [0.15, 0.2) is 0 Å². The first-order valence-electron chi connectivity index (χ1n) is 6.97. The third-order valence-corrected chi connectivity index (χ3v) is 4.89. The van der Waals surface area contributed by atoms with Crippen LogP contribution >= 0.6 is 15.9 Å². The highest BCUT2D eigenvalue weighted by Gasteiger charge is 2.30. The van der Waals surface area contributed by atoms with Crippen molar-refractivity contribution in [2.75, 3.05) is 25.0 Å². The van der Waals surface area contributed by atoms with Gasteiger partial charge >= 0.3 is 0 Å². The summed E-state index contributed by atoms with van der Waals surface area (Å²) in [5, 5.41) is 1.16. The molecule has 2 saturated carbocycles. The van der Waals surface area contributed by atoms with Crippen molar-refractivity contribution >= 4 is 15.9 Å². The van der Waals surface area contributed by atoms with Crippen molar-refractivity contribution in [2.45, 2.75) is 39.5 Å². The van der Waals surface area contributed by atoms with Crippen molar-refractivity contribution in [1.82, 2.24) is 4.90 Å². The minimum atomic E-state index is 0.806. The summed E-state index contributed by atoms with van der Waals surface area (Å²) in [4.78, 5) is 2.77. The Morgan fingerprint density at radius 2 is 1.56 bits per heavy atom. The number of nitrogens with zero attached hydrogens (tertiary/aromatic N) is 1. The highest BCUT2D eigenvalue weighted by Crippen LogP contribution is 2.34. The van der Waals surface area contributed by atoms with Crippen LogP contribution in [0.2, 0.25) is 0 Å². The summed E-state index contributed by atoms with van der Waals surface area (Å²) in [5.74, 6) is 3.72. The summed E-state index contributed by atoms with van der Waals surface area (Å²) in [7, 11) is 0. The van der Waals surface area contributed by atoms with Crippen LogP contribution in [-0.4, -0.2) is 29.9 Å². The summed E-state index contributed by atoms with van der Waals surface area (Å²) in [6, 6.07) is 0. The molecule has 0 bridgehead atoms. The zero-order valence-electron chi connectivity index (χ0n) is 10.8. The molecule has 0 radical (unpaired) electrons. The maximum Gasteiger partial charge on any atom is 0.00743 e. The molecule has 2 aliphatic rings. The number of hydrogen-bond donors (Lipinski definition) is 0. The smallest absolute Gasteiger partial charge is 0.00743 e. The van der Waals surface area contributed by atoms with E-state index in [-0.39, 0.29) is 0 Å². The Morgan fingerprint density at radius 1 is 1.06 bits per heavy atom. The normalized spacial score (nSPS) is 23.1. The van der Waals surface area contributed by atoms with Crippen molar-refractivity contribution in [1.29, 1.82) is 0 Å².